The van der Waals surface area contributed by atoms with Gasteiger partial charge in [0.05, 0.1) is 17.6 Å². The number of aryl methyl sites for hydroxylation is 2. The number of rotatable bonds is 11. The van der Waals surface area contributed by atoms with Crippen molar-refractivity contribution in [3.63, 3.8) is 0 Å². The van der Waals surface area contributed by atoms with Gasteiger partial charge in [-0.2, -0.15) is 0 Å². The lowest BCUT2D eigenvalue weighted by molar-refractivity contribution is -0.123. The number of hydrogen-bond acceptors (Lipinski definition) is 4. The molecule has 6 nitrogen and oxygen atoms in total. The number of imidazole rings is 1. The molecule has 34 heavy (non-hydrogen) atoms. The summed E-state index contributed by atoms with van der Waals surface area (Å²) >= 11 is 6.09. The number of aromatic nitrogens is 2. The lowest BCUT2D eigenvalue weighted by Gasteiger charge is -2.12. The van der Waals surface area contributed by atoms with E-state index in [4.69, 9.17) is 26.1 Å². The molecule has 0 radical (unpaired) electrons. The second-order valence-electron chi connectivity index (χ2n) is 7.98. The summed E-state index contributed by atoms with van der Waals surface area (Å²) in [6.07, 6.45) is 1.45. The van der Waals surface area contributed by atoms with Gasteiger partial charge in [-0.15, -0.1) is 0 Å². The predicted octanol–water partition coefficient (Wildman–Crippen LogP) is 5.20. The zero-order valence-corrected chi connectivity index (χ0v) is 19.9. The van der Waals surface area contributed by atoms with Gasteiger partial charge in [0.2, 0.25) is 0 Å². The van der Waals surface area contributed by atoms with Gasteiger partial charge in [-0.3, -0.25) is 4.79 Å². The van der Waals surface area contributed by atoms with Crippen LogP contribution in [0.25, 0.3) is 11.0 Å². The Morgan fingerprint density at radius 2 is 1.79 bits per heavy atom. The number of benzene rings is 3. The number of carbonyl (C=O) groups is 1. The summed E-state index contributed by atoms with van der Waals surface area (Å²) in [6.45, 7) is 3.79. The van der Waals surface area contributed by atoms with Gasteiger partial charge in [0.1, 0.15) is 17.3 Å². The van der Waals surface area contributed by atoms with Gasteiger partial charge in [0.25, 0.3) is 5.91 Å². The van der Waals surface area contributed by atoms with Crippen molar-refractivity contribution in [1.29, 1.82) is 0 Å². The van der Waals surface area contributed by atoms with Crippen LogP contribution in [0.5, 0.6) is 11.5 Å². The third kappa shape index (κ3) is 6.29. The van der Waals surface area contributed by atoms with Crippen LogP contribution in [0.2, 0.25) is 5.02 Å². The van der Waals surface area contributed by atoms with Gasteiger partial charge in [0, 0.05) is 24.5 Å². The first kappa shape index (κ1) is 23.6. The number of hydrogen-bond donors (Lipinski definition) is 1. The molecule has 0 fully saturated rings. The summed E-state index contributed by atoms with van der Waals surface area (Å²) in [6, 6.07) is 23.1. The maximum atomic E-state index is 12.2. The molecule has 176 valence electrons. The molecule has 7 heteroatoms. The number of carbonyl (C=O) groups excluding carboxylic acids is 1. The normalized spacial score (nSPS) is 10.9. The Morgan fingerprint density at radius 3 is 2.62 bits per heavy atom. The summed E-state index contributed by atoms with van der Waals surface area (Å²) in [7, 11) is 0. The molecular weight excluding hydrogens is 450 g/mol. The van der Waals surface area contributed by atoms with E-state index in [9.17, 15) is 4.79 Å². The van der Waals surface area contributed by atoms with Gasteiger partial charge in [-0.05, 0) is 61.4 Å². The first-order chi connectivity index (χ1) is 16.6. The Balaban J connectivity index is 1.30. The highest BCUT2D eigenvalue weighted by molar-refractivity contribution is 6.31. The number of ether oxygens (including phenoxy) is 2. The summed E-state index contributed by atoms with van der Waals surface area (Å²) < 4.78 is 13.6. The van der Waals surface area contributed by atoms with E-state index in [0.29, 0.717) is 25.3 Å². The van der Waals surface area contributed by atoms with Crippen LogP contribution in [-0.2, 0) is 17.8 Å². The SMILES string of the molecule is Cc1cc(OCCCn2c(CCNC(=O)COc3ccccc3)nc3ccccc32)ccc1Cl. The molecule has 3 aromatic carbocycles. The molecule has 0 saturated carbocycles. The highest BCUT2D eigenvalue weighted by atomic mass is 35.5. The van der Waals surface area contributed by atoms with E-state index in [1.54, 1.807) is 0 Å². The van der Waals surface area contributed by atoms with Crippen molar-refractivity contribution in [2.75, 3.05) is 19.8 Å². The Hall–Kier alpha value is -3.51. The zero-order chi connectivity index (χ0) is 23.8. The van der Waals surface area contributed by atoms with Crippen molar-refractivity contribution in [1.82, 2.24) is 14.9 Å². The van der Waals surface area contributed by atoms with Gasteiger partial charge >= 0.3 is 0 Å². The lowest BCUT2D eigenvalue weighted by atomic mass is 10.2. The van der Waals surface area contributed by atoms with Crippen LogP contribution in [-0.4, -0.2) is 35.2 Å². The van der Waals surface area contributed by atoms with Crippen molar-refractivity contribution in [2.45, 2.75) is 26.3 Å². The Bertz CT molecular complexity index is 1240. The molecule has 1 heterocycles. The molecule has 0 spiro atoms. The number of fused-ring (bicyclic) bond motifs is 1. The average Bonchev–Trinajstić information content (AvgIpc) is 3.20. The molecule has 0 aliphatic rings. The molecule has 0 aliphatic heterocycles. The smallest absolute Gasteiger partial charge is 0.257 e. The van der Waals surface area contributed by atoms with Gasteiger partial charge in [-0.25, -0.2) is 4.98 Å². The molecule has 4 aromatic rings. The molecule has 1 N–H and O–H groups in total. The van der Waals surface area contributed by atoms with Crippen molar-refractivity contribution in [3.8, 4) is 11.5 Å². The highest BCUT2D eigenvalue weighted by Gasteiger charge is 2.11. The third-order valence-corrected chi connectivity index (χ3v) is 5.87. The Labute approximate surface area is 204 Å². The second kappa shape index (κ2) is 11.6. The van der Waals surface area contributed by atoms with Crippen LogP contribution in [0, 0.1) is 6.92 Å². The summed E-state index contributed by atoms with van der Waals surface area (Å²) in [5.74, 6) is 2.28. The molecule has 0 unspecified atom stereocenters. The van der Waals surface area contributed by atoms with Crippen molar-refractivity contribution in [2.24, 2.45) is 0 Å². The first-order valence-corrected chi connectivity index (χ1v) is 11.8. The Kier molecular flexibility index (Phi) is 8.04. The molecule has 1 amide bonds. The standard InChI is InChI=1S/C27H28ClN3O3/c1-20-18-22(12-13-23(20)28)33-17-7-16-31-25-11-6-5-10-24(25)30-26(31)14-15-29-27(32)19-34-21-8-3-2-4-9-21/h2-6,8-13,18H,7,14-17,19H2,1H3,(H,29,32). The van der Waals surface area contributed by atoms with Crippen LogP contribution in [0.3, 0.4) is 0 Å². The third-order valence-electron chi connectivity index (χ3n) is 5.44. The number of halogens is 1. The van der Waals surface area contributed by atoms with E-state index in [-0.39, 0.29) is 12.5 Å². The highest BCUT2D eigenvalue weighted by Crippen LogP contribution is 2.21. The number of nitrogens with zero attached hydrogens (tertiary/aromatic N) is 2. The monoisotopic (exact) mass is 477 g/mol. The van der Waals surface area contributed by atoms with Gasteiger partial charge in [-0.1, -0.05) is 41.9 Å². The van der Waals surface area contributed by atoms with Crippen LogP contribution in [0.1, 0.15) is 17.8 Å². The van der Waals surface area contributed by atoms with Gasteiger partial charge in [0.15, 0.2) is 6.61 Å². The van der Waals surface area contributed by atoms with Gasteiger partial charge < -0.3 is 19.4 Å². The molecule has 0 bridgehead atoms. The summed E-state index contributed by atoms with van der Waals surface area (Å²) in [5.41, 5.74) is 3.03. The zero-order valence-electron chi connectivity index (χ0n) is 19.2. The van der Waals surface area contributed by atoms with E-state index in [1.165, 1.54) is 0 Å². The van der Waals surface area contributed by atoms with E-state index >= 15 is 0 Å². The van der Waals surface area contributed by atoms with Crippen molar-refractivity contribution >= 4 is 28.5 Å². The minimum Gasteiger partial charge on any atom is -0.494 e. The van der Waals surface area contributed by atoms with E-state index in [0.717, 1.165) is 46.2 Å². The van der Waals surface area contributed by atoms with Crippen LogP contribution in [0.4, 0.5) is 0 Å². The second-order valence-corrected chi connectivity index (χ2v) is 8.39. The van der Waals surface area contributed by atoms with Crippen LogP contribution in [0.15, 0.2) is 72.8 Å². The lowest BCUT2D eigenvalue weighted by Crippen LogP contribution is -2.31. The van der Waals surface area contributed by atoms with Crippen molar-refractivity contribution < 1.29 is 14.3 Å². The summed E-state index contributed by atoms with van der Waals surface area (Å²) in [5, 5.41) is 3.66. The molecule has 1 aromatic heterocycles. The fourth-order valence-corrected chi connectivity index (χ4v) is 3.83. The molecule has 0 aliphatic carbocycles. The fraction of sp³-hybridized carbons (Fsp3) is 0.259. The Morgan fingerprint density at radius 1 is 1.00 bits per heavy atom. The average molecular weight is 478 g/mol. The topological polar surface area (TPSA) is 65.4 Å². The quantitative estimate of drug-likeness (QED) is 0.301. The molecule has 0 saturated heterocycles. The first-order valence-electron chi connectivity index (χ1n) is 11.4. The molecule has 4 rings (SSSR count). The maximum absolute atomic E-state index is 12.2. The van der Waals surface area contributed by atoms with Crippen LogP contribution < -0.4 is 14.8 Å². The molecular formula is C27H28ClN3O3. The van der Waals surface area contributed by atoms with Crippen LogP contribution >= 0.6 is 11.6 Å². The minimum atomic E-state index is -0.154. The van der Waals surface area contributed by atoms with E-state index < -0.39 is 0 Å². The van der Waals surface area contributed by atoms with Crippen molar-refractivity contribution in [3.05, 3.63) is 89.2 Å². The maximum Gasteiger partial charge on any atom is 0.257 e. The van der Waals surface area contributed by atoms with E-state index in [2.05, 4.69) is 16.0 Å². The predicted molar refractivity (Wildman–Crippen MR) is 135 cm³/mol. The summed E-state index contributed by atoms with van der Waals surface area (Å²) in [4.78, 5) is 17.0. The number of nitrogens with one attached hydrogen (secondary N) is 1. The number of para-hydroxylation sites is 3. The number of amides is 1. The molecule has 0 atom stereocenters. The minimum absolute atomic E-state index is 0.0120. The fourth-order valence-electron chi connectivity index (χ4n) is 3.72. The largest absolute Gasteiger partial charge is 0.494 e. The van der Waals surface area contributed by atoms with E-state index in [1.807, 2.05) is 73.7 Å².